The zero-order valence-corrected chi connectivity index (χ0v) is 10.9. The van der Waals surface area contributed by atoms with E-state index < -0.39 is 5.60 Å². The lowest BCUT2D eigenvalue weighted by Crippen LogP contribution is -2.30. The first kappa shape index (κ1) is 12.6. The third kappa shape index (κ3) is 2.33. The Balaban J connectivity index is 2.08. The van der Waals surface area contributed by atoms with Crippen LogP contribution in [-0.2, 0) is 12.0 Å². The average molecular weight is 265 g/mol. The summed E-state index contributed by atoms with van der Waals surface area (Å²) in [7, 11) is 0. The molecular formula is C16H15N3O. The molecule has 0 saturated heterocycles. The van der Waals surface area contributed by atoms with Crippen LogP contribution in [0.15, 0.2) is 67.3 Å². The number of benzene rings is 1. The summed E-state index contributed by atoms with van der Waals surface area (Å²) < 4.78 is 0. The SMILES string of the molecule is OC(Cc1ncc[nH]1)(c1ccccc1)c1ccncc1. The number of rotatable bonds is 4. The molecular weight excluding hydrogens is 250 g/mol. The van der Waals surface area contributed by atoms with Gasteiger partial charge in [-0.1, -0.05) is 30.3 Å². The van der Waals surface area contributed by atoms with Crippen molar-refractivity contribution < 1.29 is 5.11 Å². The second-order valence-electron chi connectivity index (χ2n) is 4.67. The molecule has 0 radical (unpaired) electrons. The van der Waals surface area contributed by atoms with E-state index in [0.29, 0.717) is 6.42 Å². The summed E-state index contributed by atoms with van der Waals surface area (Å²) in [4.78, 5) is 11.3. The smallest absolute Gasteiger partial charge is 0.122 e. The van der Waals surface area contributed by atoms with Gasteiger partial charge in [-0.3, -0.25) is 4.98 Å². The molecule has 0 saturated carbocycles. The number of aromatic nitrogens is 3. The molecule has 2 aromatic heterocycles. The Morgan fingerprint density at radius 1 is 0.950 bits per heavy atom. The highest BCUT2D eigenvalue weighted by Gasteiger charge is 2.32. The standard InChI is InChI=1S/C16H15N3O/c20-16(12-15-18-10-11-19-15,13-4-2-1-3-5-13)14-6-8-17-9-7-14/h1-11,20H,12H2,(H,18,19). The highest BCUT2D eigenvalue weighted by atomic mass is 16.3. The number of aromatic amines is 1. The summed E-state index contributed by atoms with van der Waals surface area (Å²) in [5, 5.41) is 11.2. The number of hydrogen-bond acceptors (Lipinski definition) is 3. The van der Waals surface area contributed by atoms with Crippen molar-refractivity contribution in [2.24, 2.45) is 0 Å². The Morgan fingerprint density at radius 3 is 2.30 bits per heavy atom. The lowest BCUT2D eigenvalue weighted by Gasteiger charge is -2.28. The maximum atomic E-state index is 11.2. The van der Waals surface area contributed by atoms with Gasteiger partial charge in [0, 0.05) is 31.2 Å². The van der Waals surface area contributed by atoms with Crippen molar-refractivity contribution in [1.82, 2.24) is 15.0 Å². The molecule has 0 spiro atoms. The Morgan fingerprint density at radius 2 is 1.65 bits per heavy atom. The van der Waals surface area contributed by atoms with Crippen molar-refractivity contribution in [2.75, 3.05) is 0 Å². The van der Waals surface area contributed by atoms with Crippen molar-refractivity contribution >= 4 is 0 Å². The van der Waals surface area contributed by atoms with Gasteiger partial charge in [0.05, 0.1) is 0 Å². The molecule has 4 heteroatoms. The first-order valence-corrected chi connectivity index (χ1v) is 6.46. The molecule has 0 aliphatic heterocycles. The number of pyridine rings is 1. The Bertz CT molecular complexity index is 611. The Kier molecular flexibility index (Phi) is 3.31. The molecule has 2 N–H and O–H groups in total. The third-order valence-electron chi connectivity index (χ3n) is 3.39. The van der Waals surface area contributed by atoms with E-state index >= 15 is 0 Å². The van der Waals surface area contributed by atoms with Gasteiger partial charge in [-0.25, -0.2) is 4.98 Å². The van der Waals surface area contributed by atoms with Gasteiger partial charge < -0.3 is 10.1 Å². The molecule has 3 aromatic rings. The molecule has 0 bridgehead atoms. The van der Waals surface area contributed by atoms with Crippen LogP contribution in [0.25, 0.3) is 0 Å². The molecule has 20 heavy (non-hydrogen) atoms. The number of aliphatic hydroxyl groups is 1. The minimum Gasteiger partial charge on any atom is -0.380 e. The summed E-state index contributed by atoms with van der Waals surface area (Å²) in [5.74, 6) is 0.744. The molecule has 4 nitrogen and oxygen atoms in total. The third-order valence-corrected chi connectivity index (χ3v) is 3.39. The van der Waals surface area contributed by atoms with E-state index in [-0.39, 0.29) is 0 Å². The van der Waals surface area contributed by atoms with E-state index in [0.717, 1.165) is 17.0 Å². The molecule has 1 atom stereocenters. The molecule has 0 aliphatic rings. The van der Waals surface area contributed by atoms with Crippen LogP contribution in [0.5, 0.6) is 0 Å². The van der Waals surface area contributed by atoms with E-state index in [4.69, 9.17) is 0 Å². The van der Waals surface area contributed by atoms with Crippen molar-refractivity contribution in [3.05, 3.63) is 84.2 Å². The summed E-state index contributed by atoms with van der Waals surface area (Å²) in [6.07, 6.45) is 7.20. The second-order valence-corrected chi connectivity index (χ2v) is 4.67. The highest BCUT2D eigenvalue weighted by Crippen LogP contribution is 2.32. The van der Waals surface area contributed by atoms with Gasteiger partial charge in [0.1, 0.15) is 11.4 Å². The van der Waals surface area contributed by atoms with Crippen LogP contribution in [0.2, 0.25) is 0 Å². The number of imidazole rings is 1. The zero-order valence-electron chi connectivity index (χ0n) is 10.9. The summed E-state index contributed by atoms with van der Waals surface area (Å²) >= 11 is 0. The number of nitrogens with one attached hydrogen (secondary N) is 1. The maximum absolute atomic E-state index is 11.2. The van der Waals surface area contributed by atoms with Crippen LogP contribution >= 0.6 is 0 Å². The quantitative estimate of drug-likeness (QED) is 0.760. The van der Waals surface area contributed by atoms with E-state index in [1.807, 2.05) is 42.5 Å². The van der Waals surface area contributed by atoms with Crippen LogP contribution in [-0.4, -0.2) is 20.1 Å². The highest BCUT2D eigenvalue weighted by molar-refractivity contribution is 5.36. The van der Waals surface area contributed by atoms with Gasteiger partial charge in [0.25, 0.3) is 0 Å². The molecule has 100 valence electrons. The second kappa shape index (κ2) is 5.27. The fourth-order valence-electron chi connectivity index (χ4n) is 2.35. The van der Waals surface area contributed by atoms with Crippen molar-refractivity contribution in [3.8, 4) is 0 Å². The van der Waals surface area contributed by atoms with Gasteiger partial charge in [0.2, 0.25) is 0 Å². The molecule has 0 fully saturated rings. The van der Waals surface area contributed by atoms with Crippen LogP contribution in [0.4, 0.5) is 0 Å². The summed E-state index contributed by atoms with van der Waals surface area (Å²) in [6.45, 7) is 0. The first-order valence-electron chi connectivity index (χ1n) is 6.46. The normalized spacial score (nSPS) is 13.8. The van der Waals surface area contributed by atoms with E-state index in [2.05, 4.69) is 15.0 Å². The Labute approximate surface area is 117 Å². The molecule has 2 heterocycles. The zero-order chi connectivity index (χ0) is 13.8. The van der Waals surface area contributed by atoms with Crippen LogP contribution in [0.1, 0.15) is 17.0 Å². The van der Waals surface area contributed by atoms with Crippen molar-refractivity contribution in [3.63, 3.8) is 0 Å². The molecule has 3 rings (SSSR count). The molecule has 1 aromatic carbocycles. The maximum Gasteiger partial charge on any atom is 0.122 e. The number of nitrogens with zero attached hydrogens (tertiary/aromatic N) is 2. The van der Waals surface area contributed by atoms with Crippen molar-refractivity contribution in [1.29, 1.82) is 0 Å². The van der Waals surface area contributed by atoms with Gasteiger partial charge in [-0.15, -0.1) is 0 Å². The lowest BCUT2D eigenvalue weighted by atomic mass is 9.84. The fourth-order valence-corrected chi connectivity index (χ4v) is 2.35. The number of H-pyrrole nitrogens is 1. The van der Waals surface area contributed by atoms with Gasteiger partial charge >= 0.3 is 0 Å². The molecule has 1 unspecified atom stereocenters. The van der Waals surface area contributed by atoms with Crippen LogP contribution in [0, 0.1) is 0 Å². The topological polar surface area (TPSA) is 61.8 Å². The number of hydrogen-bond donors (Lipinski definition) is 2. The monoisotopic (exact) mass is 265 g/mol. The minimum atomic E-state index is -1.12. The van der Waals surface area contributed by atoms with Crippen molar-refractivity contribution in [2.45, 2.75) is 12.0 Å². The van der Waals surface area contributed by atoms with E-state index in [1.54, 1.807) is 24.8 Å². The molecule has 0 amide bonds. The minimum absolute atomic E-state index is 0.383. The van der Waals surface area contributed by atoms with Gasteiger partial charge in [0.15, 0.2) is 0 Å². The predicted octanol–water partition coefficient (Wildman–Crippen LogP) is 2.28. The van der Waals surface area contributed by atoms with Gasteiger partial charge in [-0.05, 0) is 23.3 Å². The molecule has 0 aliphatic carbocycles. The van der Waals surface area contributed by atoms with E-state index in [9.17, 15) is 5.11 Å². The largest absolute Gasteiger partial charge is 0.380 e. The van der Waals surface area contributed by atoms with Crippen LogP contribution in [0.3, 0.4) is 0 Å². The van der Waals surface area contributed by atoms with Crippen LogP contribution < -0.4 is 0 Å². The summed E-state index contributed by atoms with van der Waals surface area (Å²) in [6, 6.07) is 13.3. The first-order chi connectivity index (χ1) is 9.79. The van der Waals surface area contributed by atoms with Gasteiger partial charge in [-0.2, -0.15) is 0 Å². The Hall–Kier alpha value is -2.46. The fraction of sp³-hybridized carbons (Fsp3) is 0.125. The average Bonchev–Trinajstić information content (AvgIpc) is 3.02. The lowest BCUT2D eigenvalue weighted by molar-refractivity contribution is 0.0790. The summed E-state index contributed by atoms with van der Waals surface area (Å²) in [5.41, 5.74) is 0.514. The van der Waals surface area contributed by atoms with E-state index in [1.165, 1.54) is 0 Å². The predicted molar refractivity (Wildman–Crippen MR) is 76.0 cm³/mol.